The van der Waals surface area contributed by atoms with Crippen molar-refractivity contribution in [2.24, 2.45) is 5.92 Å². The molecule has 0 saturated carbocycles. The maximum absolute atomic E-state index is 12.0. The molecule has 2 aromatic rings. The van der Waals surface area contributed by atoms with Gasteiger partial charge in [-0.15, -0.1) is 0 Å². The summed E-state index contributed by atoms with van der Waals surface area (Å²) in [6.07, 6.45) is 0.629. The summed E-state index contributed by atoms with van der Waals surface area (Å²) in [5.74, 6) is -0.481. The van der Waals surface area contributed by atoms with Crippen molar-refractivity contribution < 1.29 is 9.90 Å². The smallest absolute Gasteiger partial charge is 0.229 e. The molecule has 18 heavy (non-hydrogen) atoms. The van der Waals surface area contributed by atoms with Crippen LogP contribution in [0.4, 0.5) is 5.69 Å². The van der Waals surface area contributed by atoms with E-state index in [9.17, 15) is 4.79 Å². The summed E-state index contributed by atoms with van der Waals surface area (Å²) in [7, 11) is 0. The third-order valence-corrected chi connectivity index (χ3v) is 3.23. The first kappa shape index (κ1) is 12.6. The lowest BCUT2D eigenvalue weighted by Crippen LogP contribution is -2.25. The van der Waals surface area contributed by atoms with Gasteiger partial charge in [-0.05, 0) is 19.4 Å². The zero-order valence-corrected chi connectivity index (χ0v) is 10.7. The lowest BCUT2D eigenvalue weighted by atomic mass is 10.1. The maximum Gasteiger partial charge on any atom is 0.229 e. The maximum atomic E-state index is 12.0. The van der Waals surface area contributed by atoms with Crippen LogP contribution in [0, 0.1) is 12.8 Å². The highest BCUT2D eigenvalue weighted by Gasteiger charge is 2.18. The van der Waals surface area contributed by atoms with Gasteiger partial charge in [0.05, 0.1) is 18.2 Å². The number of para-hydroxylation sites is 1. The minimum absolute atomic E-state index is 0.121. The molecule has 1 aromatic heterocycles. The normalized spacial score (nSPS) is 12.6. The number of aromatic nitrogens is 1. The second-order valence-electron chi connectivity index (χ2n) is 4.45. The van der Waals surface area contributed by atoms with Crippen LogP contribution in [0.5, 0.6) is 0 Å². The molecule has 4 nitrogen and oxygen atoms in total. The van der Waals surface area contributed by atoms with Crippen molar-refractivity contribution in [2.75, 3.05) is 11.9 Å². The number of benzene rings is 1. The van der Waals surface area contributed by atoms with Crippen molar-refractivity contribution in [3.63, 3.8) is 0 Å². The van der Waals surface area contributed by atoms with Crippen LogP contribution < -0.4 is 5.32 Å². The number of carbonyl (C=O) groups excluding carboxylic acids is 1. The van der Waals surface area contributed by atoms with Crippen molar-refractivity contribution >= 4 is 22.5 Å². The standard InChI is InChI=1S/C14H18N2O2/c1-3-10(8-17)14(18)16-13-9(2)15-12-7-5-4-6-11(12)13/h4-7,10,15,17H,3,8H2,1-2H3,(H,16,18). The first-order valence-electron chi connectivity index (χ1n) is 6.16. The summed E-state index contributed by atoms with van der Waals surface area (Å²) >= 11 is 0. The van der Waals surface area contributed by atoms with E-state index in [0.717, 1.165) is 22.3 Å². The molecular weight excluding hydrogens is 228 g/mol. The molecule has 96 valence electrons. The van der Waals surface area contributed by atoms with E-state index in [1.165, 1.54) is 0 Å². The van der Waals surface area contributed by atoms with Gasteiger partial charge in [0, 0.05) is 16.6 Å². The number of aromatic amines is 1. The van der Waals surface area contributed by atoms with E-state index in [1.807, 2.05) is 38.1 Å². The van der Waals surface area contributed by atoms with Crippen LogP contribution in [0.2, 0.25) is 0 Å². The molecule has 1 aromatic carbocycles. The van der Waals surface area contributed by atoms with Crippen molar-refractivity contribution in [3.05, 3.63) is 30.0 Å². The number of aliphatic hydroxyl groups is 1. The van der Waals surface area contributed by atoms with Gasteiger partial charge in [-0.1, -0.05) is 25.1 Å². The van der Waals surface area contributed by atoms with Gasteiger partial charge in [0.2, 0.25) is 5.91 Å². The monoisotopic (exact) mass is 246 g/mol. The topological polar surface area (TPSA) is 65.1 Å². The molecule has 2 rings (SSSR count). The lowest BCUT2D eigenvalue weighted by molar-refractivity contribution is -0.121. The predicted molar refractivity (Wildman–Crippen MR) is 72.5 cm³/mol. The van der Waals surface area contributed by atoms with Gasteiger partial charge >= 0.3 is 0 Å². The van der Waals surface area contributed by atoms with Crippen molar-refractivity contribution in [2.45, 2.75) is 20.3 Å². The molecular formula is C14H18N2O2. The highest BCUT2D eigenvalue weighted by molar-refractivity contribution is 6.03. The van der Waals surface area contributed by atoms with Crippen LogP contribution in [0.15, 0.2) is 24.3 Å². The van der Waals surface area contributed by atoms with E-state index in [2.05, 4.69) is 10.3 Å². The van der Waals surface area contributed by atoms with Crippen LogP contribution in [-0.2, 0) is 4.79 Å². The summed E-state index contributed by atoms with van der Waals surface area (Å²) < 4.78 is 0. The van der Waals surface area contributed by atoms with Gasteiger partial charge in [0.25, 0.3) is 0 Å². The van der Waals surface area contributed by atoms with Gasteiger partial charge in [0.15, 0.2) is 0 Å². The highest BCUT2D eigenvalue weighted by Crippen LogP contribution is 2.27. The molecule has 0 radical (unpaired) electrons. The number of anilines is 1. The third kappa shape index (κ3) is 2.24. The Morgan fingerprint density at radius 1 is 1.44 bits per heavy atom. The Balaban J connectivity index is 2.31. The quantitative estimate of drug-likeness (QED) is 0.775. The number of H-pyrrole nitrogens is 1. The number of aliphatic hydroxyl groups excluding tert-OH is 1. The van der Waals surface area contributed by atoms with E-state index in [0.29, 0.717) is 6.42 Å². The highest BCUT2D eigenvalue weighted by atomic mass is 16.3. The number of nitrogens with one attached hydrogen (secondary N) is 2. The van der Waals surface area contributed by atoms with E-state index in [1.54, 1.807) is 0 Å². The molecule has 0 saturated heterocycles. The molecule has 3 N–H and O–H groups in total. The zero-order chi connectivity index (χ0) is 13.1. The Labute approximate surface area is 106 Å². The average molecular weight is 246 g/mol. The SMILES string of the molecule is CCC(CO)C(=O)Nc1c(C)[nH]c2ccccc12. The molecule has 1 amide bonds. The minimum Gasteiger partial charge on any atom is -0.396 e. The number of rotatable bonds is 4. The Morgan fingerprint density at radius 3 is 2.83 bits per heavy atom. The van der Waals surface area contributed by atoms with Crippen molar-refractivity contribution in [1.82, 2.24) is 4.98 Å². The first-order valence-corrected chi connectivity index (χ1v) is 6.16. The fourth-order valence-electron chi connectivity index (χ4n) is 2.06. The average Bonchev–Trinajstić information content (AvgIpc) is 2.68. The second-order valence-corrected chi connectivity index (χ2v) is 4.45. The van der Waals surface area contributed by atoms with Crippen molar-refractivity contribution in [1.29, 1.82) is 0 Å². The molecule has 0 aliphatic carbocycles. The molecule has 1 heterocycles. The third-order valence-electron chi connectivity index (χ3n) is 3.23. The molecule has 4 heteroatoms. The molecule has 0 aliphatic rings. The Hall–Kier alpha value is -1.81. The molecule has 0 aliphatic heterocycles. The summed E-state index contributed by atoms with van der Waals surface area (Å²) in [4.78, 5) is 15.2. The van der Waals surface area contributed by atoms with Gasteiger partial charge in [-0.2, -0.15) is 0 Å². The van der Waals surface area contributed by atoms with Crippen molar-refractivity contribution in [3.8, 4) is 0 Å². The van der Waals surface area contributed by atoms with Crippen LogP contribution in [0.1, 0.15) is 19.0 Å². The Bertz CT molecular complexity index is 556. The second kappa shape index (κ2) is 5.23. The van der Waals surface area contributed by atoms with Gasteiger partial charge in [-0.3, -0.25) is 4.79 Å². The number of fused-ring (bicyclic) bond motifs is 1. The molecule has 0 fully saturated rings. The molecule has 0 bridgehead atoms. The Morgan fingerprint density at radius 2 is 2.17 bits per heavy atom. The molecule has 1 unspecified atom stereocenters. The predicted octanol–water partition coefficient (Wildman–Crippen LogP) is 2.43. The number of hydrogen-bond donors (Lipinski definition) is 3. The minimum atomic E-state index is -0.349. The molecule has 1 atom stereocenters. The lowest BCUT2D eigenvalue weighted by Gasteiger charge is -2.12. The largest absolute Gasteiger partial charge is 0.396 e. The zero-order valence-electron chi connectivity index (χ0n) is 10.7. The number of hydrogen-bond acceptors (Lipinski definition) is 2. The van der Waals surface area contributed by atoms with Gasteiger partial charge in [-0.25, -0.2) is 0 Å². The fraction of sp³-hybridized carbons (Fsp3) is 0.357. The van der Waals surface area contributed by atoms with Crippen LogP contribution in [0.25, 0.3) is 10.9 Å². The van der Waals surface area contributed by atoms with Crippen LogP contribution in [-0.4, -0.2) is 22.6 Å². The summed E-state index contributed by atoms with van der Waals surface area (Å²) in [5, 5.41) is 13.0. The number of amides is 1. The summed E-state index contributed by atoms with van der Waals surface area (Å²) in [5.41, 5.74) is 2.74. The summed E-state index contributed by atoms with van der Waals surface area (Å²) in [6, 6.07) is 7.83. The van der Waals surface area contributed by atoms with E-state index < -0.39 is 0 Å². The van der Waals surface area contributed by atoms with Crippen LogP contribution >= 0.6 is 0 Å². The number of aryl methyl sites for hydroxylation is 1. The summed E-state index contributed by atoms with van der Waals surface area (Å²) in [6.45, 7) is 3.70. The van der Waals surface area contributed by atoms with Crippen LogP contribution in [0.3, 0.4) is 0 Å². The Kier molecular flexibility index (Phi) is 3.67. The van der Waals surface area contributed by atoms with Gasteiger partial charge < -0.3 is 15.4 Å². The van der Waals surface area contributed by atoms with E-state index in [4.69, 9.17) is 5.11 Å². The van der Waals surface area contributed by atoms with E-state index >= 15 is 0 Å². The van der Waals surface area contributed by atoms with E-state index in [-0.39, 0.29) is 18.4 Å². The molecule has 0 spiro atoms. The van der Waals surface area contributed by atoms with Gasteiger partial charge in [0.1, 0.15) is 0 Å². The fourth-order valence-corrected chi connectivity index (χ4v) is 2.06. The number of carbonyl (C=O) groups is 1. The first-order chi connectivity index (χ1) is 8.67.